The molecule has 0 saturated heterocycles. The standard InChI is InChI=1S/C21H37F3O5S.C21H35F3O5S.C21H33F3O5S.C9H11F3O5S.C6H9F3O6S/c3*1-2-3-4-5-6-7-8-9-10-11-12-13-14-15-16-17-20(25)29-19(21(22,23)24)18-30(26,27)28;1-2-3-4-5-8(13)17-7(9(10,11)12)6-18(14,15)16;7-6(8,9)4(3-16(12,13)14)15-5(11)1-2-10/h9-10,19H,2-8,11-18H2,1H3,(H,26,27,28);6-7,9-10,19H,2-5,8,11-18H2,1H3,(H,26,27,28);3-4,6-7,9-10,19H,2,5,8,11-18H2,1H3,(H,26,27,28);2-5,7H,6H2,1H3,(H,14,15,16);4,10H,1-3H2,(H,12,13,14)/p-5/b10-9+;7-6+,10-9+;4-3-,7-6+,10-9+;3-2+,5-4+;. The molecule has 0 bridgehead atoms. The van der Waals surface area contributed by atoms with Crippen molar-refractivity contribution in [3.05, 3.63) is 97.2 Å². The summed E-state index contributed by atoms with van der Waals surface area (Å²) in [6.07, 6.45) is 20.6. The van der Waals surface area contributed by atoms with E-state index >= 15 is 0 Å². The second-order valence-electron chi connectivity index (χ2n) is 27.4. The number of hydrogen-bond acceptors (Lipinski definition) is 26. The topological polar surface area (TPSA) is 438 Å². The zero-order valence-corrected chi connectivity index (χ0v) is 74.0. The Morgan fingerprint density at radius 3 is 0.750 bits per heavy atom. The molecular weight excluding hydrogens is 1800 g/mol. The van der Waals surface area contributed by atoms with Crippen LogP contribution in [0.4, 0.5) is 65.9 Å². The Balaban J connectivity index is -0.000000486. The number of rotatable bonds is 61. The molecule has 124 heavy (non-hydrogen) atoms. The Hall–Kier alpha value is -6.27. The predicted molar refractivity (Wildman–Crippen MR) is 426 cm³/mol. The van der Waals surface area contributed by atoms with Gasteiger partial charge in [0.25, 0.3) is 0 Å². The van der Waals surface area contributed by atoms with Gasteiger partial charge in [0.2, 0.25) is 30.5 Å². The van der Waals surface area contributed by atoms with E-state index in [9.17, 15) is 155 Å². The van der Waals surface area contributed by atoms with Crippen molar-refractivity contribution in [3.63, 3.8) is 0 Å². The maximum absolute atomic E-state index is 12.6. The van der Waals surface area contributed by atoms with Crippen molar-refractivity contribution in [1.29, 1.82) is 0 Å². The van der Waals surface area contributed by atoms with Gasteiger partial charge in [0.15, 0.2) is 0 Å². The van der Waals surface area contributed by atoms with Gasteiger partial charge in [0, 0.05) is 25.3 Å². The monoisotopic (exact) mass is 1920 g/mol. The molecule has 0 spiro atoms. The van der Waals surface area contributed by atoms with E-state index in [1.54, 1.807) is 6.92 Å². The third kappa shape index (κ3) is 93.4. The number of halogens is 15. The molecule has 0 aliphatic carbocycles. The van der Waals surface area contributed by atoms with Gasteiger partial charge in [-0.1, -0.05) is 215 Å². The molecule has 46 heteroatoms. The maximum Gasteiger partial charge on any atom is 0.426 e. The van der Waals surface area contributed by atoms with Crippen LogP contribution in [0.3, 0.4) is 0 Å². The van der Waals surface area contributed by atoms with Gasteiger partial charge in [-0.25, -0.2) is 46.9 Å². The molecule has 0 aromatic heterocycles. The number of hydrogen-bond donors (Lipinski definition) is 1. The highest BCUT2D eigenvalue weighted by Gasteiger charge is 2.48. The fourth-order valence-corrected chi connectivity index (χ4v) is 12.7. The summed E-state index contributed by atoms with van der Waals surface area (Å²) in [4.78, 5) is 56.0. The number of allylic oxidation sites excluding steroid dienone is 15. The second kappa shape index (κ2) is 71.6. The average molecular weight is 1920 g/mol. The quantitative estimate of drug-likeness (QED) is 0.00863. The fourth-order valence-electron chi connectivity index (χ4n) is 9.60. The molecule has 0 saturated carbocycles. The third-order valence-electron chi connectivity index (χ3n) is 15.8. The lowest BCUT2D eigenvalue weighted by Gasteiger charge is -2.21. The van der Waals surface area contributed by atoms with Crippen molar-refractivity contribution >= 4 is 80.4 Å². The number of alkyl halides is 15. The summed E-state index contributed by atoms with van der Waals surface area (Å²) in [7, 11) is -25.8. The molecule has 0 aromatic rings. The summed E-state index contributed by atoms with van der Waals surface area (Å²) in [6, 6.07) is 0. The van der Waals surface area contributed by atoms with Crippen LogP contribution in [0.1, 0.15) is 265 Å². The van der Waals surface area contributed by atoms with Crippen molar-refractivity contribution < 1.29 is 183 Å². The Morgan fingerprint density at radius 2 is 0.508 bits per heavy atom. The molecule has 0 heterocycles. The van der Waals surface area contributed by atoms with Crippen molar-refractivity contribution in [2.24, 2.45) is 0 Å². The fraction of sp³-hybridized carbons (Fsp3) is 0.731. The van der Waals surface area contributed by atoms with Crippen LogP contribution in [0.5, 0.6) is 0 Å². The van der Waals surface area contributed by atoms with E-state index in [4.69, 9.17) is 5.11 Å². The minimum Gasteiger partial charge on any atom is -0.748 e. The van der Waals surface area contributed by atoms with E-state index in [2.05, 4.69) is 117 Å². The average Bonchev–Trinajstić information content (AvgIpc) is 0.885. The molecule has 1 N–H and O–H groups in total. The van der Waals surface area contributed by atoms with E-state index in [0.717, 1.165) is 122 Å². The zero-order chi connectivity index (χ0) is 96.0. The van der Waals surface area contributed by atoms with Gasteiger partial charge >= 0.3 is 60.7 Å². The summed E-state index contributed by atoms with van der Waals surface area (Å²) >= 11 is 0. The van der Waals surface area contributed by atoms with Crippen LogP contribution >= 0.6 is 0 Å². The second-order valence-corrected chi connectivity index (χ2v) is 34.7. The number of aliphatic hydroxyl groups excluding tert-OH is 1. The molecule has 26 nitrogen and oxygen atoms in total. The minimum atomic E-state index is -5.18. The number of esters is 5. The molecule has 5 atom stereocenters. The summed E-state index contributed by atoms with van der Waals surface area (Å²) < 4.78 is 363. The molecule has 0 aliphatic rings. The zero-order valence-electron chi connectivity index (χ0n) is 69.9. The van der Waals surface area contributed by atoms with E-state index in [1.807, 2.05) is 0 Å². The Morgan fingerprint density at radius 1 is 0.298 bits per heavy atom. The van der Waals surface area contributed by atoms with E-state index in [-0.39, 0.29) is 19.3 Å². The van der Waals surface area contributed by atoms with Gasteiger partial charge in [-0.3, -0.25) is 19.2 Å². The number of ether oxygens (including phenoxy) is 5. The van der Waals surface area contributed by atoms with Gasteiger partial charge < -0.3 is 51.6 Å². The van der Waals surface area contributed by atoms with Gasteiger partial charge in [-0.2, -0.15) is 65.9 Å². The van der Waals surface area contributed by atoms with Crippen LogP contribution in [0.15, 0.2) is 97.2 Å². The highest BCUT2D eigenvalue weighted by Crippen LogP contribution is 2.30. The van der Waals surface area contributed by atoms with Gasteiger partial charge in [-0.15, -0.1) is 0 Å². The van der Waals surface area contributed by atoms with E-state index in [0.29, 0.717) is 44.6 Å². The Labute approximate surface area is 719 Å². The lowest BCUT2D eigenvalue weighted by Crippen LogP contribution is -2.39. The van der Waals surface area contributed by atoms with Gasteiger partial charge in [-0.05, 0) is 116 Å². The van der Waals surface area contributed by atoms with Crippen LogP contribution < -0.4 is 0 Å². The summed E-state index contributed by atoms with van der Waals surface area (Å²) in [5.41, 5.74) is 0. The first-order valence-corrected chi connectivity index (χ1v) is 48.0. The van der Waals surface area contributed by atoms with Gasteiger partial charge in [0.05, 0.1) is 92.4 Å². The highest BCUT2D eigenvalue weighted by atomic mass is 32.2. The first-order valence-electron chi connectivity index (χ1n) is 40.1. The first kappa shape index (κ1) is 126. The molecule has 0 fully saturated rings. The number of aliphatic hydroxyl groups is 1. The lowest BCUT2D eigenvalue weighted by molar-refractivity contribution is -0.215. The van der Waals surface area contributed by atoms with Crippen molar-refractivity contribution in [2.75, 3.05) is 35.4 Å². The van der Waals surface area contributed by atoms with Crippen molar-refractivity contribution in [1.82, 2.24) is 0 Å². The molecular formula is C78H120F15O26S5-5. The number of unbranched alkanes of at least 4 members (excludes halogenated alkanes) is 24. The SMILES string of the molecule is C/C=C/C=C/C(=O)OC(CS(=O)(=O)[O-])C(F)(F)F.CC/C=C\C/C=C/C/C=C/CCCCCCCC(=O)OC(CS(=O)(=O)[O-])C(F)(F)F.CCCCC/C=C/C/C=C/CCCCCCCC(=O)OC(CS(=O)(=O)[O-])C(F)(F)F.CCCCCCCC/C=C/CCCCCCCC(=O)OC(CS(=O)(=O)[O-])C(F)(F)F.O=C(CCO)OC(CS(=O)(=O)[O-])C(F)(F)F. The van der Waals surface area contributed by atoms with Crippen LogP contribution in [0.2, 0.25) is 0 Å². The molecule has 728 valence electrons. The number of carbonyl (C=O) groups excluding carboxylic acids is 5. The summed E-state index contributed by atoms with van der Waals surface area (Å²) in [5.74, 6) is -15.4. The minimum absolute atomic E-state index is 0.232. The Kier molecular flexibility index (Phi) is 72.9. The molecule has 0 aromatic carbocycles. The third-order valence-corrected chi connectivity index (χ3v) is 19.4. The molecule has 5 unspecified atom stereocenters. The van der Waals surface area contributed by atoms with E-state index in [1.165, 1.54) is 69.9 Å². The normalized spacial score (nSPS) is 14.2. The van der Waals surface area contributed by atoms with Crippen LogP contribution in [-0.4, -0.2) is 197 Å². The smallest absolute Gasteiger partial charge is 0.426 e. The predicted octanol–water partition coefficient (Wildman–Crippen LogP) is 18.0. The van der Waals surface area contributed by atoms with Crippen LogP contribution in [-0.2, 0) is 98.2 Å². The highest BCUT2D eigenvalue weighted by molar-refractivity contribution is 7.86. The first-order chi connectivity index (χ1) is 57.3. The molecule has 0 radical (unpaired) electrons. The van der Waals surface area contributed by atoms with Crippen molar-refractivity contribution in [3.8, 4) is 0 Å². The van der Waals surface area contributed by atoms with Crippen LogP contribution in [0, 0.1) is 0 Å². The summed E-state index contributed by atoms with van der Waals surface area (Å²) in [5, 5.41) is 8.22. The van der Waals surface area contributed by atoms with Crippen LogP contribution in [0.25, 0.3) is 0 Å². The molecule has 0 aliphatic heterocycles. The Bertz CT molecular complexity index is 3710. The van der Waals surface area contributed by atoms with E-state index < -0.39 is 184 Å². The largest absolute Gasteiger partial charge is 0.748 e. The maximum atomic E-state index is 12.6. The molecule has 0 amide bonds. The van der Waals surface area contributed by atoms with Gasteiger partial charge in [0.1, 0.15) is 0 Å². The molecule has 0 rings (SSSR count). The number of carbonyl (C=O) groups is 5. The summed E-state index contributed by atoms with van der Waals surface area (Å²) in [6.45, 7) is 7.35. The lowest BCUT2D eigenvalue weighted by atomic mass is 10.1. The van der Waals surface area contributed by atoms with Crippen molar-refractivity contribution in [2.45, 2.75) is 327 Å².